The molecule has 0 bridgehead atoms. The van der Waals surface area contributed by atoms with E-state index in [2.05, 4.69) is 0 Å². The summed E-state index contributed by atoms with van der Waals surface area (Å²) < 4.78 is 10.9. The average molecular weight is 212 g/mol. The van der Waals surface area contributed by atoms with Crippen LogP contribution < -0.4 is 0 Å². The molecule has 2 fully saturated rings. The third-order valence-corrected chi connectivity index (χ3v) is 3.46. The number of hydrogen-bond donors (Lipinski definition) is 0. The molecule has 1 heterocycles. The summed E-state index contributed by atoms with van der Waals surface area (Å²) in [7, 11) is 0. The Morgan fingerprint density at radius 2 is 1.93 bits per heavy atom. The van der Waals surface area contributed by atoms with Gasteiger partial charge in [-0.05, 0) is 18.8 Å². The fourth-order valence-corrected chi connectivity index (χ4v) is 2.73. The van der Waals surface area contributed by atoms with E-state index in [1.807, 2.05) is 0 Å². The standard InChI is InChI=1S/C12H20O3/c1-9(13)14-12-8-10-6-4-2-3-5-7-11(10)15-12/h10-12H,2-8H2,1H3/t10-,11+,12?/m0/s1. The van der Waals surface area contributed by atoms with Gasteiger partial charge in [-0.2, -0.15) is 0 Å². The van der Waals surface area contributed by atoms with Gasteiger partial charge in [-0.3, -0.25) is 4.79 Å². The molecule has 1 unspecified atom stereocenters. The molecule has 0 aromatic heterocycles. The van der Waals surface area contributed by atoms with E-state index in [-0.39, 0.29) is 12.3 Å². The zero-order chi connectivity index (χ0) is 10.7. The van der Waals surface area contributed by atoms with E-state index < -0.39 is 0 Å². The molecule has 2 rings (SSSR count). The van der Waals surface area contributed by atoms with Crippen LogP contribution in [0.25, 0.3) is 0 Å². The monoisotopic (exact) mass is 212 g/mol. The molecule has 1 saturated heterocycles. The van der Waals surface area contributed by atoms with Crippen molar-refractivity contribution in [2.24, 2.45) is 5.92 Å². The molecular weight excluding hydrogens is 192 g/mol. The van der Waals surface area contributed by atoms with Crippen LogP contribution >= 0.6 is 0 Å². The van der Waals surface area contributed by atoms with Crippen LogP contribution in [0.2, 0.25) is 0 Å². The number of ether oxygens (including phenoxy) is 2. The lowest BCUT2D eigenvalue weighted by molar-refractivity contribution is -0.173. The predicted octanol–water partition coefficient (Wildman–Crippen LogP) is 2.63. The first-order valence-electron chi connectivity index (χ1n) is 6.08. The Bertz CT molecular complexity index is 211. The lowest BCUT2D eigenvalue weighted by Gasteiger charge is -2.20. The molecule has 0 amide bonds. The summed E-state index contributed by atoms with van der Waals surface area (Å²) in [6.07, 6.45) is 8.59. The summed E-state index contributed by atoms with van der Waals surface area (Å²) >= 11 is 0. The minimum Gasteiger partial charge on any atom is -0.436 e. The van der Waals surface area contributed by atoms with Crippen molar-refractivity contribution in [2.45, 2.75) is 64.3 Å². The highest BCUT2D eigenvalue weighted by atomic mass is 16.7. The van der Waals surface area contributed by atoms with E-state index in [1.54, 1.807) is 0 Å². The molecule has 0 aromatic rings. The van der Waals surface area contributed by atoms with Crippen LogP contribution in [0.4, 0.5) is 0 Å². The summed E-state index contributed by atoms with van der Waals surface area (Å²) in [5.74, 6) is 0.393. The second-order valence-electron chi connectivity index (χ2n) is 4.70. The van der Waals surface area contributed by atoms with E-state index in [0.717, 1.165) is 12.8 Å². The number of hydrogen-bond acceptors (Lipinski definition) is 3. The fraction of sp³-hybridized carbons (Fsp3) is 0.917. The molecule has 1 aliphatic carbocycles. The van der Waals surface area contributed by atoms with Crippen molar-refractivity contribution in [2.75, 3.05) is 0 Å². The van der Waals surface area contributed by atoms with E-state index in [4.69, 9.17) is 9.47 Å². The SMILES string of the molecule is CC(=O)OC1C[C@@H]2CCCCCC[C@H]2O1. The first-order valence-corrected chi connectivity index (χ1v) is 6.08. The first kappa shape index (κ1) is 10.9. The molecule has 1 saturated carbocycles. The van der Waals surface area contributed by atoms with Crippen LogP contribution in [-0.4, -0.2) is 18.4 Å². The van der Waals surface area contributed by atoms with Crippen LogP contribution in [0.15, 0.2) is 0 Å². The summed E-state index contributed by atoms with van der Waals surface area (Å²) in [4.78, 5) is 10.8. The predicted molar refractivity (Wildman–Crippen MR) is 56.2 cm³/mol. The quantitative estimate of drug-likeness (QED) is 0.627. The maximum Gasteiger partial charge on any atom is 0.304 e. The van der Waals surface area contributed by atoms with Crippen LogP contribution in [0.5, 0.6) is 0 Å². The molecule has 0 N–H and O–H groups in total. The van der Waals surface area contributed by atoms with E-state index >= 15 is 0 Å². The number of carbonyl (C=O) groups excluding carboxylic acids is 1. The van der Waals surface area contributed by atoms with Gasteiger partial charge >= 0.3 is 5.97 Å². The molecule has 0 aromatic carbocycles. The highest BCUT2D eigenvalue weighted by Crippen LogP contribution is 2.35. The van der Waals surface area contributed by atoms with Crippen molar-refractivity contribution < 1.29 is 14.3 Å². The minimum absolute atomic E-state index is 0.228. The third-order valence-electron chi connectivity index (χ3n) is 3.46. The van der Waals surface area contributed by atoms with Gasteiger partial charge in [0.1, 0.15) is 0 Å². The van der Waals surface area contributed by atoms with Crippen LogP contribution in [0, 0.1) is 5.92 Å². The lowest BCUT2D eigenvalue weighted by Crippen LogP contribution is -2.19. The third kappa shape index (κ3) is 2.94. The molecular formula is C12H20O3. The van der Waals surface area contributed by atoms with Gasteiger partial charge in [0.2, 0.25) is 6.29 Å². The van der Waals surface area contributed by atoms with Gasteiger partial charge in [-0.15, -0.1) is 0 Å². The molecule has 15 heavy (non-hydrogen) atoms. The molecule has 2 aliphatic rings. The first-order chi connectivity index (χ1) is 7.25. The molecule has 1 aliphatic heterocycles. The Hall–Kier alpha value is -0.570. The van der Waals surface area contributed by atoms with Crippen molar-refractivity contribution >= 4 is 5.97 Å². The van der Waals surface area contributed by atoms with Gasteiger partial charge in [0.25, 0.3) is 0 Å². The summed E-state index contributed by atoms with van der Waals surface area (Å²) in [5, 5.41) is 0. The van der Waals surface area contributed by atoms with Gasteiger partial charge in [-0.1, -0.05) is 25.7 Å². The van der Waals surface area contributed by atoms with Gasteiger partial charge in [0, 0.05) is 13.3 Å². The van der Waals surface area contributed by atoms with Crippen molar-refractivity contribution in [3.63, 3.8) is 0 Å². The van der Waals surface area contributed by atoms with Gasteiger partial charge in [-0.25, -0.2) is 0 Å². The molecule has 3 nitrogen and oxygen atoms in total. The maximum atomic E-state index is 10.8. The maximum absolute atomic E-state index is 10.8. The van der Waals surface area contributed by atoms with Gasteiger partial charge in [0.05, 0.1) is 6.10 Å². The number of rotatable bonds is 1. The van der Waals surface area contributed by atoms with Crippen molar-refractivity contribution in [1.29, 1.82) is 0 Å². The molecule has 3 atom stereocenters. The Morgan fingerprint density at radius 3 is 2.67 bits per heavy atom. The Labute approximate surface area is 91.1 Å². The number of esters is 1. The van der Waals surface area contributed by atoms with E-state index in [1.165, 1.54) is 39.0 Å². The smallest absolute Gasteiger partial charge is 0.304 e. The van der Waals surface area contributed by atoms with Crippen molar-refractivity contribution in [3.05, 3.63) is 0 Å². The Balaban J connectivity index is 1.88. The van der Waals surface area contributed by atoms with Crippen LogP contribution in [0.3, 0.4) is 0 Å². The second kappa shape index (κ2) is 4.97. The summed E-state index contributed by atoms with van der Waals surface area (Å²) in [6, 6.07) is 0. The average Bonchev–Trinajstić information content (AvgIpc) is 2.46. The van der Waals surface area contributed by atoms with E-state index in [9.17, 15) is 4.79 Å². The molecule has 0 spiro atoms. The van der Waals surface area contributed by atoms with Crippen LogP contribution in [0.1, 0.15) is 51.9 Å². The Kier molecular flexibility index (Phi) is 3.62. The second-order valence-corrected chi connectivity index (χ2v) is 4.70. The topological polar surface area (TPSA) is 35.5 Å². The normalized spacial score (nSPS) is 36.5. The fourth-order valence-electron chi connectivity index (χ4n) is 2.73. The zero-order valence-corrected chi connectivity index (χ0v) is 9.41. The van der Waals surface area contributed by atoms with Crippen molar-refractivity contribution in [3.8, 4) is 0 Å². The van der Waals surface area contributed by atoms with E-state index in [0.29, 0.717) is 12.0 Å². The zero-order valence-electron chi connectivity index (χ0n) is 9.41. The van der Waals surface area contributed by atoms with Crippen molar-refractivity contribution in [1.82, 2.24) is 0 Å². The number of carbonyl (C=O) groups is 1. The minimum atomic E-state index is -0.268. The largest absolute Gasteiger partial charge is 0.436 e. The molecule has 0 radical (unpaired) electrons. The lowest BCUT2D eigenvalue weighted by atomic mass is 9.88. The highest BCUT2D eigenvalue weighted by Gasteiger charge is 2.36. The van der Waals surface area contributed by atoms with Gasteiger partial charge in [0.15, 0.2) is 0 Å². The van der Waals surface area contributed by atoms with Crippen LogP contribution in [-0.2, 0) is 14.3 Å². The number of fused-ring (bicyclic) bond motifs is 1. The summed E-state index contributed by atoms with van der Waals surface area (Å²) in [6.45, 7) is 1.45. The summed E-state index contributed by atoms with van der Waals surface area (Å²) in [5.41, 5.74) is 0. The Morgan fingerprint density at radius 1 is 1.20 bits per heavy atom. The highest BCUT2D eigenvalue weighted by molar-refractivity contribution is 5.66. The molecule has 3 heteroatoms. The molecule has 86 valence electrons. The van der Waals surface area contributed by atoms with Gasteiger partial charge < -0.3 is 9.47 Å².